The molecule has 0 radical (unpaired) electrons. The number of pyridine rings is 1. The number of unbranched alkanes of at least 4 members (excludes halogenated alkanes) is 3. The molecular weight excluding hydrogens is 200 g/mol. The lowest BCUT2D eigenvalue weighted by Gasteiger charge is -2.03. The first kappa shape index (κ1) is 12.5. The van der Waals surface area contributed by atoms with Crippen molar-refractivity contribution in [1.82, 2.24) is 4.98 Å². The Bertz CT molecular complexity index is 440. The highest BCUT2D eigenvalue weighted by Gasteiger charge is 2.04. The largest absolute Gasteiger partial charge is 0.325 e. The van der Waals surface area contributed by atoms with Crippen LogP contribution < -0.4 is 5.56 Å². The highest BCUT2D eigenvalue weighted by atomic mass is 16.1. The summed E-state index contributed by atoms with van der Waals surface area (Å²) in [7, 11) is 0. The van der Waals surface area contributed by atoms with E-state index in [0.29, 0.717) is 11.3 Å². The summed E-state index contributed by atoms with van der Waals surface area (Å²) < 4.78 is 0. The second kappa shape index (κ2) is 6.12. The predicted octanol–water partition coefficient (Wildman–Crippen LogP) is 2.68. The minimum atomic E-state index is -0.0481. The number of aromatic amines is 1. The maximum atomic E-state index is 11.6. The SMILES string of the molecule is CCCCCCc1cc(C#N)c(C)[nH]c1=O. The first-order chi connectivity index (χ1) is 7.69. The monoisotopic (exact) mass is 218 g/mol. The Morgan fingerprint density at radius 2 is 2.12 bits per heavy atom. The summed E-state index contributed by atoms with van der Waals surface area (Å²) in [6.45, 7) is 3.91. The van der Waals surface area contributed by atoms with Crippen molar-refractivity contribution < 1.29 is 0 Å². The van der Waals surface area contributed by atoms with Gasteiger partial charge in [0.05, 0.1) is 5.56 Å². The number of nitrogens with one attached hydrogen (secondary N) is 1. The Hall–Kier alpha value is -1.56. The Morgan fingerprint density at radius 3 is 2.75 bits per heavy atom. The van der Waals surface area contributed by atoms with Gasteiger partial charge in [-0.3, -0.25) is 4.79 Å². The molecule has 0 aliphatic heterocycles. The van der Waals surface area contributed by atoms with Crippen molar-refractivity contribution in [2.75, 3.05) is 0 Å². The van der Waals surface area contributed by atoms with Gasteiger partial charge in [-0.05, 0) is 25.8 Å². The maximum Gasteiger partial charge on any atom is 0.251 e. The summed E-state index contributed by atoms with van der Waals surface area (Å²) in [5.74, 6) is 0. The normalized spacial score (nSPS) is 10.1. The second-order valence-corrected chi connectivity index (χ2v) is 4.08. The van der Waals surface area contributed by atoms with Gasteiger partial charge in [-0.1, -0.05) is 26.2 Å². The summed E-state index contributed by atoms with van der Waals surface area (Å²) in [6, 6.07) is 3.82. The molecule has 0 spiro atoms. The zero-order chi connectivity index (χ0) is 12.0. The first-order valence-corrected chi connectivity index (χ1v) is 5.82. The minimum Gasteiger partial charge on any atom is -0.325 e. The van der Waals surface area contributed by atoms with Crippen LogP contribution in [0, 0.1) is 18.3 Å². The van der Waals surface area contributed by atoms with E-state index in [-0.39, 0.29) is 5.56 Å². The Labute approximate surface area is 96.1 Å². The van der Waals surface area contributed by atoms with Crippen LogP contribution in [0.3, 0.4) is 0 Å². The van der Waals surface area contributed by atoms with E-state index < -0.39 is 0 Å². The average molecular weight is 218 g/mol. The molecule has 0 fully saturated rings. The molecule has 0 saturated heterocycles. The predicted molar refractivity (Wildman–Crippen MR) is 64.4 cm³/mol. The van der Waals surface area contributed by atoms with Crippen LogP contribution in [0.4, 0.5) is 0 Å². The Morgan fingerprint density at radius 1 is 1.38 bits per heavy atom. The molecule has 0 atom stereocenters. The minimum absolute atomic E-state index is 0.0481. The summed E-state index contributed by atoms with van der Waals surface area (Å²) in [5, 5.41) is 8.87. The van der Waals surface area contributed by atoms with Crippen LogP contribution in [0.1, 0.15) is 49.4 Å². The number of aromatic nitrogens is 1. The third-order valence-electron chi connectivity index (χ3n) is 2.74. The molecule has 0 bridgehead atoms. The van der Waals surface area contributed by atoms with E-state index in [1.54, 1.807) is 13.0 Å². The number of hydrogen-bond acceptors (Lipinski definition) is 2. The molecule has 0 unspecified atom stereocenters. The molecule has 1 aromatic heterocycles. The number of nitrogens with zero attached hydrogens (tertiary/aromatic N) is 1. The van der Waals surface area contributed by atoms with Crippen LogP contribution in [0.5, 0.6) is 0 Å². The van der Waals surface area contributed by atoms with E-state index in [1.165, 1.54) is 12.8 Å². The Balaban J connectivity index is 2.73. The van der Waals surface area contributed by atoms with Gasteiger partial charge in [-0.15, -0.1) is 0 Å². The van der Waals surface area contributed by atoms with Gasteiger partial charge in [0.25, 0.3) is 5.56 Å². The lowest BCUT2D eigenvalue weighted by molar-refractivity contribution is 0.664. The number of hydrogen-bond donors (Lipinski definition) is 1. The molecule has 0 saturated carbocycles. The molecule has 1 heterocycles. The fourth-order valence-corrected chi connectivity index (χ4v) is 1.71. The van der Waals surface area contributed by atoms with Gasteiger partial charge >= 0.3 is 0 Å². The molecule has 3 heteroatoms. The highest BCUT2D eigenvalue weighted by molar-refractivity contribution is 5.35. The third kappa shape index (κ3) is 3.23. The van der Waals surface area contributed by atoms with Crippen LogP contribution in [0.25, 0.3) is 0 Å². The molecule has 86 valence electrons. The van der Waals surface area contributed by atoms with Gasteiger partial charge in [-0.25, -0.2) is 0 Å². The van der Waals surface area contributed by atoms with E-state index in [9.17, 15) is 4.79 Å². The van der Waals surface area contributed by atoms with Crippen LogP contribution in [0.2, 0.25) is 0 Å². The molecular formula is C13H18N2O. The van der Waals surface area contributed by atoms with Crippen molar-refractivity contribution in [3.05, 3.63) is 33.2 Å². The molecule has 16 heavy (non-hydrogen) atoms. The van der Waals surface area contributed by atoms with Crippen molar-refractivity contribution >= 4 is 0 Å². The van der Waals surface area contributed by atoms with E-state index >= 15 is 0 Å². The van der Waals surface area contributed by atoms with E-state index in [0.717, 1.165) is 24.8 Å². The fourth-order valence-electron chi connectivity index (χ4n) is 1.71. The van der Waals surface area contributed by atoms with Gasteiger partial charge < -0.3 is 4.98 Å². The van der Waals surface area contributed by atoms with Crippen molar-refractivity contribution in [1.29, 1.82) is 5.26 Å². The van der Waals surface area contributed by atoms with Crippen molar-refractivity contribution in [2.24, 2.45) is 0 Å². The second-order valence-electron chi connectivity index (χ2n) is 4.08. The zero-order valence-corrected chi connectivity index (χ0v) is 9.97. The zero-order valence-electron chi connectivity index (χ0n) is 9.97. The van der Waals surface area contributed by atoms with Crippen LogP contribution in [-0.2, 0) is 6.42 Å². The number of rotatable bonds is 5. The first-order valence-electron chi connectivity index (χ1n) is 5.82. The molecule has 1 aromatic rings. The van der Waals surface area contributed by atoms with Gasteiger partial charge in [0.2, 0.25) is 0 Å². The smallest absolute Gasteiger partial charge is 0.251 e. The maximum absolute atomic E-state index is 11.6. The topological polar surface area (TPSA) is 56.6 Å². The summed E-state index contributed by atoms with van der Waals surface area (Å²) >= 11 is 0. The van der Waals surface area contributed by atoms with Gasteiger partial charge in [0.1, 0.15) is 6.07 Å². The lowest BCUT2D eigenvalue weighted by Crippen LogP contribution is -2.14. The molecule has 3 nitrogen and oxygen atoms in total. The van der Waals surface area contributed by atoms with Crippen LogP contribution in [0.15, 0.2) is 10.9 Å². The molecule has 0 aromatic carbocycles. The molecule has 0 aliphatic carbocycles. The Kier molecular flexibility index (Phi) is 4.78. The van der Waals surface area contributed by atoms with Gasteiger partial charge in [-0.2, -0.15) is 5.26 Å². The molecule has 0 amide bonds. The number of H-pyrrole nitrogens is 1. The number of nitriles is 1. The van der Waals surface area contributed by atoms with E-state index in [2.05, 4.69) is 18.0 Å². The van der Waals surface area contributed by atoms with Gasteiger partial charge in [0, 0.05) is 11.3 Å². The van der Waals surface area contributed by atoms with Crippen molar-refractivity contribution in [3.8, 4) is 6.07 Å². The average Bonchev–Trinajstić information content (AvgIpc) is 2.27. The number of aryl methyl sites for hydroxylation is 2. The fraction of sp³-hybridized carbons (Fsp3) is 0.538. The lowest BCUT2D eigenvalue weighted by atomic mass is 10.1. The van der Waals surface area contributed by atoms with E-state index in [1.807, 2.05) is 0 Å². The standard InChI is InChI=1S/C13H18N2O/c1-3-4-5-6-7-11-8-12(9-14)10(2)15-13(11)16/h8H,3-7H2,1-2H3,(H,15,16). The quantitative estimate of drug-likeness (QED) is 0.772. The van der Waals surface area contributed by atoms with E-state index in [4.69, 9.17) is 5.26 Å². The summed E-state index contributed by atoms with van der Waals surface area (Å²) in [6.07, 6.45) is 5.32. The molecule has 1 rings (SSSR count). The van der Waals surface area contributed by atoms with Gasteiger partial charge in [0.15, 0.2) is 0 Å². The highest BCUT2D eigenvalue weighted by Crippen LogP contribution is 2.07. The summed E-state index contributed by atoms with van der Waals surface area (Å²) in [4.78, 5) is 14.3. The third-order valence-corrected chi connectivity index (χ3v) is 2.74. The van der Waals surface area contributed by atoms with Crippen LogP contribution >= 0.6 is 0 Å². The molecule has 0 aliphatic rings. The van der Waals surface area contributed by atoms with Crippen molar-refractivity contribution in [3.63, 3.8) is 0 Å². The molecule has 1 N–H and O–H groups in total. The van der Waals surface area contributed by atoms with Crippen LogP contribution in [-0.4, -0.2) is 4.98 Å². The van der Waals surface area contributed by atoms with Crippen molar-refractivity contribution in [2.45, 2.75) is 46.0 Å². The summed E-state index contributed by atoms with van der Waals surface area (Å²) in [5.41, 5.74) is 1.92.